The molecule has 0 bridgehead atoms. The van der Waals surface area contributed by atoms with Gasteiger partial charge in [0.25, 0.3) is 5.91 Å². The fraction of sp³-hybridized carbons (Fsp3) is 0.500. The monoisotopic (exact) mass is 301 g/mol. The van der Waals surface area contributed by atoms with Crippen molar-refractivity contribution in [2.45, 2.75) is 25.1 Å². The average molecular weight is 301 g/mol. The Kier molecular flexibility index (Phi) is 4.13. The number of nitrogens with two attached hydrogens (primary N) is 2. The number of alkyl halides is 3. The predicted molar refractivity (Wildman–Crippen MR) is 73.9 cm³/mol. The maximum atomic E-state index is 12.7. The van der Waals surface area contributed by atoms with Crippen LogP contribution in [0.4, 0.5) is 18.9 Å². The Bertz CT molecular complexity index is 541. The smallest absolute Gasteiger partial charge is 0.369 e. The van der Waals surface area contributed by atoms with E-state index in [0.29, 0.717) is 18.2 Å². The lowest BCUT2D eigenvalue weighted by atomic mass is 10.0. The second kappa shape index (κ2) is 5.55. The summed E-state index contributed by atoms with van der Waals surface area (Å²) >= 11 is 0. The van der Waals surface area contributed by atoms with Crippen LogP contribution in [0.5, 0.6) is 0 Å². The van der Waals surface area contributed by atoms with Crippen molar-refractivity contribution in [3.05, 3.63) is 29.3 Å². The molecule has 1 aliphatic rings. The lowest BCUT2D eigenvalue weighted by molar-refractivity contribution is -0.137. The summed E-state index contributed by atoms with van der Waals surface area (Å²) in [6, 6.07) is 3.04. The summed E-state index contributed by atoms with van der Waals surface area (Å²) in [4.78, 5) is 13.3. The van der Waals surface area contributed by atoms with E-state index in [0.717, 1.165) is 25.0 Å². The van der Waals surface area contributed by atoms with Gasteiger partial charge >= 0.3 is 6.18 Å². The second-order valence-electron chi connectivity index (χ2n) is 5.35. The van der Waals surface area contributed by atoms with Crippen molar-refractivity contribution in [1.82, 2.24) is 0 Å². The third-order valence-electron chi connectivity index (χ3n) is 3.87. The Morgan fingerprint density at radius 3 is 2.48 bits per heavy atom. The molecule has 1 unspecified atom stereocenters. The molecule has 1 saturated carbocycles. The Balaban J connectivity index is 2.40. The van der Waals surface area contributed by atoms with Crippen molar-refractivity contribution in [2.24, 2.45) is 17.4 Å². The highest BCUT2D eigenvalue weighted by Crippen LogP contribution is 2.38. The van der Waals surface area contributed by atoms with Gasteiger partial charge in [-0.2, -0.15) is 13.2 Å². The molecule has 116 valence electrons. The molecule has 0 aliphatic heterocycles. The van der Waals surface area contributed by atoms with Crippen LogP contribution in [0.2, 0.25) is 0 Å². The maximum Gasteiger partial charge on any atom is 0.416 e. The number of hydrogen-bond acceptors (Lipinski definition) is 3. The highest BCUT2D eigenvalue weighted by Gasteiger charge is 2.35. The first kappa shape index (κ1) is 15.6. The number of halogens is 3. The topological polar surface area (TPSA) is 72.3 Å². The van der Waals surface area contributed by atoms with E-state index in [1.807, 2.05) is 0 Å². The second-order valence-corrected chi connectivity index (χ2v) is 5.35. The molecule has 0 heterocycles. The van der Waals surface area contributed by atoms with Crippen LogP contribution >= 0.6 is 0 Å². The number of nitrogens with zero attached hydrogens (tertiary/aromatic N) is 1. The van der Waals surface area contributed by atoms with E-state index in [9.17, 15) is 18.0 Å². The van der Waals surface area contributed by atoms with Gasteiger partial charge in [-0.3, -0.25) is 4.79 Å². The average Bonchev–Trinajstić information content (AvgIpc) is 3.22. The highest BCUT2D eigenvalue weighted by molar-refractivity contribution is 5.99. The van der Waals surface area contributed by atoms with Crippen LogP contribution in [-0.2, 0) is 6.18 Å². The number of carbonyl (C=O) groups is 1. The first-order chi connectivity index (χ1) is 9.75. The molecule has 1 amide bonds. The Labute approximate surface area is 120 Å². The van der Waals surface area contributed by atoms with Crippen LogP contribution in [0.15, 0.2) is 18.2 Å². The fourth-order valence-corrected chi connectivity index (χ4v) is 2.54. The van der Waals surface area contributed by atoms with E-state index < -0.39 is 17.6 Å². The van der Waals surface area contributed by atoms with Gasteiger partial charge in [0.1, 0.15) is 0 Å². The third kappa shape index (κ3) is 3.29. The lowest BCUT2D eigenvalue weighted by Crippen LogP contribution is -2.40. The zero-order valence-corrected chi connectivity index (χ0v) is 11.7. The molecule has 2 rings (SSSR count). The fourth-order valence-electron chi connectivity index (χ4n) is 2.54. The van der Waals surface area contributed by atoms with Gasteiger partial charge in [0.2, 0.25) is 0 Å². The first-order valence-electron chi connectivity index (χ1n) is 6.69. The van der Waals surface area contributed by atoms with Crippen LogP contribution < -0.4 is 16.4 Å². The normalized spacial score (nSPS) is 16.6. The van der Waals surface area contributed by atoms with E-state index in [-0.39, 0.29) is 11.6 Å². The van der Waals surface area contributed by atoms with E-state index in [1.165, 1.54) is 6.07 Å². The molecule has 0 aromatic heterocycles. The minimum atomic E-state index is -4.51. The number of amides is 1. The van der Waals surface area contributed by atoms with E-state index in [4.69, 9.17) is 11.5 Å². The molecule has 7 heteroatoms. The Morgan fingerprint density at radius 2 is 2.05 bits per heavy atom. The van der Waals surface area contributed by atoms with Crippen LogP contribution in [0.3, 0.4) is 0 Å². The third-order valence-corrected chi connectivity index (χ3v) is 3.87. The van der Waals surface area contributed by atoms with Crippen molar-refractivity contribution in [3.8, 4) is 0 Å². The summed E-state index contributed by atoms with van der Waals surface area (Å²) in [7, 11) is 1.73. The lowest BCUT2D eigenvalue weighted by Gasteiger charge is -2.30. The predicted octanol–water partition coefficient (Wildman–Crippen LogP) is 1.98. The molecular weight excluding hydrogens is 283 g/mol. The first-order valence-corrected chi connectivity index (χ1v) is 6.69. The summed E-state index contributed by atoms with van der Waals surface area (Å²) in [5.74, 6) is -0.461. The molecule has 21 heavy (non-hydrogen) atoms. The van der Waals surface area contributed by atoms with Gasteiger partial charge in [0.15, 0.2) is 0 Å². The summed E-state index contributed by atoms with van der Waals surface area (Å²) in [6.07, 6.45) is -2.43. The number of benzene rings is 1. The van der Waals surface area contributed by atoms with Gasteiger partial charge < -0.3 is 16.4 Å². The minimum absolute atomic E-state index is 0.000151. The summed E-state index contributed by atoms with van der Waals surface area (Å²) < 4.78 is 38.2. The molecule has 1 aromatic carbocycles. The van der Waals surface area contributed by atoms with Crippen LogP contribution in [0.25, 0.3) is 0 Å². The van der Waals surface area contributed by atoms with Gasteiger partial charge in [0, 0.05) is 25.3 Å². The molecule has 4 N–H and O–H groups in total. The molecule has 1 atom stereocenters. The zero-order chi connectivity index (χ0) is 15.8. The molecule has 1 aromatic rings. The maximum absolute atomic E-state index is 12.7. The van der Waals surface area contributed by atoms with Crippen molar-refractivity contribution >= 4 is 11.6 Å². The number of rotatable bonds is 5. The minimum Gasteiger partial charge on any atom is -0.369 e. The van der Waals surface area contributed by atoms with Crippen LogP contribution in [0.1, 0.15) is 28.8 Å². The van der Waals surface area contributed by atoms with Crippen LogP contribution in [0, 0.1) is 5.92 Å². The molecule has 1 aliphatic carbocycles. The van der Waals surface area contributed by atoms with Gasteiger partial charge in [-0.15, -0.1) is 0 Å². The Hall–Kier alpha value is -1.76. The number of primary amides is 1. The van der Waals surface area contributed by atoms with E-state index in [1.54, 1.807) is 11.9 Å². The van der Waals surface area contributed by atoms with Crippen molar-refractivity contribution in [3.63, 3.8) is 0 Å². The summed E-state index contributed by atoms with van der Waals surface area (Å²) in [6.45, 7) is 0.375. The van der Waals surface area contributed by atoms with E-state index >= 15 is 0 Å². The summed E-state index contributed by atoms with van der Waals surface area (Å²) in [5.41, 5.74) is 10.3. The standard InChI is InChI=1S/C14H18F3N3O/c1-20(12(7-18)8-2-3-8)11-5-4-9(14(15,16)17)6-10(11)13(19)21/h4-6,8,12H,2-3,7,18H2,1H3,(H2,19,21). The number of carbonyl (C=O) groups excluding carboxylic acids is 1. The van der Waals surface area contributed by atoms with Crippen molar-refractivity contribution in [2.75, 3.05) is 18.5 Å². The van der Waals surface area contributed by atoms with Gasteiger partial charge in [0.05, 0.1) is 11.1 Å². The SMILES string of the molecule is CN(c1ccc(C(F)(F)F)cc1C(N)=O)C(CN)C1CC1. The molecule has 0 saturated heterocycles. The van der Waals surface area contributed by atoms with Gasteiger partial charge in [-0.1, -0.05) is 0 Å². The Morgan fingerprint density at radius 1 is 1.43 bits per heavy atom. The van der Waals surface area contributed by atoms with Gasteiger partial charge in [-0.25, -0.2) is 0 Å². The quantitative estimate of drug-likeness (QED) is 0.873. The van der Waals surface area contributed by atoms with Crippen molar-refractivity contribution < 1.29 is 18.0 Å². The number of hydrogen-bond donors (Lipinski definition) is 2. The molecular formula is C14H18F3N3O. The molecule has 0 spiro atoms. The van der Waals surface area contributed by atoms with Gasteiger partial charge in [-0.05, 0) is 37.0 Å². The zero-order valence-electron chi connectivity index (χ0n) is 11.7. The molecule has 1 fully saturated rings. The number of likely N-dealkylation sites (N-methyl/N-ethyl adjacent to an activating group) is 1. The van der Waals surface area contributed by atoms with Crippen LogP contribution in [-0.4, -0.2) is 25.5 Å². The summed E-state index contributed by atoms with van der Waals surface area (Å²) in [5, 5.41) is 0. The number of anilines is 1. The van der Waals surface area contributed by atoms with E-state index in [2.05, 4.69) is 0 Å². The highest BCUT2D eigenvalue weighted by atomic mass is 19.4. The van der Waals surface area contributed by atoms with Crippen molar-refractivity contribution in [1.29, 1.82) is 0 Å². The molecule has 0 radical (unpaired) electrons. The molecule has 4 nitrogen and oxygen atoms in total. The largest absolute Gasteiger partial charge is 0.416 e.